The van der Waals surface area contributed by atoms with Crippen molar-refractivity contribution in [3.05, 3.63) is 52.7 Å². The number of hydrogen-bond acceptors (Lipinski definition) is 4. The second kappa shape index (κ2) is 6.67. The smallest absolute Gasteiger partial charge is 0.254 e. The molecule has 0 atom stereocenters. The van der Waals surface area contributed by atoms with Crippen molar-refractivity contribution in [2.24, 2.45) is 7.05 Å². The van der Waals surface area contributed by atoms with Crippen molar-refractivity contribution in [3.8, 4) is 11.5 Å². The number of imidazole rings is 1. The molecule has 1 aromatic carbocycles. The summed E-state index contributed by atoms with van der Waals surface area (Å²) in [5.74, 6) is 1.71. The van der Waals surface area contributed by atoms with Gasteiger partial charge < -0.3 is 14.5 Å². The van der Waals surface area contributed by atoms with Crippen LogP contribution < -0.4 is 0 Å². The van der Waals surface area contributed by atoms with E-state index in [1.807, 2.05) is 42.6 Å². The molecule has 156 valence electrons. The molecule has 3 aromatic rings. The summed E-state index contributed by atoms with van der Waals surface area (Å²) in [6, 6.07) is 7.18. The first-order chi connectivity index (χ1) is 14.3. The van der Waals surface area contributed by atoms with E-state index in [-0.39, 0.29) is 16.9 Å². The van der Waals surface area contributed by atoms with E-state index in [0.717, 1.165) is 55.1 Å². The first-order valence-electron chi connectivity index (χ1n) is 10.3. The van der Waals surface area contributed by atoms with Crippen molar-refractivity contribution in [1.29, 1.82) is 0 Å². The van der Waals surface area contributed by atoms with E-state index < -0.39 is 0 Å². The number of aryl methyl sites for hydroxylation is 2. The standard InChI is InChI=1S/C22H25ClN6O/c1-14-17(28(2)13-24-14)18-25-20(27-26-18)21-8-5-9-22(11-21,12-21)29(3)19(30)15-6-4-7-16(23)10-15/h4,6-7,10,13H,5,8-9,11-12H2,1-3H3,(H,25,26,27)/t21-,22-. The summed E-state index contributed by atoms with van der Waals surface area (Å²) >= 11 is 6.10. The molecule has 0 aliphatic heterocycles. The number of nitrogens with one attached hydrogen (secondary N) is 1. The predicted octanol–water partition coefficient (Wildman–Crippen LogP) is 3.89. The monoisotopic (exact) mass is 424 g/mol. The van der Waals surface area contributed by atoms with E-state index in [2.05, 4.69) is 20.2 Å². The SMILES string of the molecule is Cc1ncn(C)c1-c1nnc([C@]23CCC[C@@](N(C)C(=O)c4cccc(Cl)c4)(C2)C3)[nH]1. The lowest BCUT2D eigenvalue weighted by atomic mass is 9.49. The van der Waals surface area contributed by atoms with Gasteiger partial charge in [-0.05, 0) is 50.8 Å². The summed E-state index contributed by atoms with van der Waals surface area (Å²) < 4.78 is 1.96. The van der Waals surface area contributed by atoms with Gasteiger partial charge in [-0.2, -0.15) is 0 Å². The number of rotatable bonds is 4. The number of aromatic amines is 1. The van der Waals surface area contributed by atoms with E-state index >= 15 is 0 Å². The zero-order chi connectivity index (χ0) is 21.1. The first kappa shape index (κ1) is 19.3. The molecule has 0 spiro atoms. The van der Waals surface area contributed by atoms with Gasteiger partial charge in [0, 0.05) is 35.6 Å². The summed E-state index contributed by atoms with van der Waals surface area (Å²) in [4.78, 5) is 22.9. The number of nitrogens with zero attached hydrogens (tertiary/aromatic N) is 5. The summed E-state index contributed by atoms with van der Waals surface area (Å²) in [7, 11) is 3.88. The van der Waals surface area contributed by atoms with Crippen LogP contribution in [0, 0.1) is 6.92 Å². The van der Waals surface area contributed by atoms with Crippen LogP contribution in [-0.2, 0) is 12.5 Å². The van der Waals surface area contributed by atoms with Crippen LogP contribution in [0.1, 0.15) is 54.0 Å². The number of hydrogen-bond donors (Lipinski definition) is 1. The van der Waals surface area contributed by atoms with Crippen LogP contribution in [0.4, 0.5) is 0 Å². The van der Waals surface area contributed by atoms with Gasteiger partial charge in [-0.25, -0.2) is 4.98 Å². The van der Waals surface area contributed by atoms with Crippen LogP contribution in [0.15, 0.2) is 30.6 Å². The Bertz CT molecular complexity index is 1110. The van der Waals surface area contributed by atoms with Crippen LogP contribution in [0.2, 0.25) is 5.02 Å². The Morgan fingerprint density at radius 2 is 2.07 bits per heavy atom. The Morgan fingerprint density at radius 1 is 1.27 bits per heavy atom. The molecule has 8 heteroatoms. The predicted molar refractivity (Wildman–Crippen MR) is 114 cm³/mol. The number of carbonyl (C=O) groups excluding carboxylic acids is 1. The number of benzene rings is 1. The Morgan fingerprint density at radius 3 is 2.77 bits per heavy atom. The fourth-order valence-corrected chi connectivity index (χ4v) is 5.72. The molecule has 7 nitrogen and oxygen atoms in total. The second-order valence-corrected chi connectivity index (χ2v) is 9.33. The molecule has 1 amide bonds. The lowest BCUT2D eigenvalue weighted by Crippen LogP contribution is -2.66. The largest absolute Gasteiger partial charge is 0.336 e. The molecule has 0 unspecified atom stereocenters. The van der Waals surface area contributed by atoms with E-state index in [4.69, 9.17) is 11.6 Å². The lowest BCUT2D eigenvalue weighted by molar-refractivity contribution is -0.0614. The Labute approximate surface area is 180 Å². The molecule has 1 N–H and O–H groups in total. The fourth-order valence-electron chi connectivity index (χ4n) is 5.53. The second-order valence-electron chi connectivity index (χ2n) is 8.90. The van der Waals surface area contributed by atoms with Gasteiger partial charge in [-0.15, -0.1) is 10.2 Å². The molecule has 2 bridgehead atoms. The van der Waals surface area contributed by atoms with Gasteiger partial charge in [0.25, 0.3) is 5.91 Å². The Kier molecular flexibility index (Phi) is 4.29. The Balaban J connectivity index is 1.39. The van der Waals surface area contributed by atoms with E-state index in [0.29, 0.717) is 10.6 Å². The molecule has 0 saturated heterocycles. The van der Waals surface area contributed by atoms with Gasteiger partial charge in [0.05, 0.1) is 12.0 Å². The normalized spacial score (nSPS) is 25.1. The average molecular weight is 425 g/mol. The highest BCUT2D eigenvalue weighted by Gasteiger charge is 2.62. The van der Waals surface area contributed by atoms with Gasteiger partial charge in [0.15, 0.2) is 5.82 Å². The van der Waals surface area contributed by atoms with Crippen LogP contribution in [-0.4, -0.2) is 48.1 Å². The molecule has 6 rings (SSSR count). The van der Waals surface area contributed by atoms with E-state index in [9.17, 15) is 4.79 Å². The maximum absolute atomic E-state index is 13.1. The van der Waals surface area contributed by atoms with Gasteiger partial charge >= 0.3 is 0 Å². The Hall–Kier alpha value is -2.67. The van der Waals surface area contributed by atoms with Crippen LogP contribution >= 0.6 is 11.6 Å². The average Bonchev–Trinajstić information content (AvgIpc) is 3.33. The fraction of sp³-hybridized carbons (Fsp3) is 0.455. The molecule has 0 radical (unpaired) electrons. The van der Waals surface area contributed by atoms with Crippen molar-refractivity contribution in [1.82, 2.24) is 29.6 Å². The maximum atomic E-state index is 13.1. The van der Waals surface area contributed by atoms with Crippen LogP contribution in [0.5, 0.6) is 0 Å². The highest BCUT2D eigenvalue weighted by atomic mass is 35.5. The summed E-state index contributed by atoms with van der Waals surface area (Å²) in [6.07, 6.45) is 6.74. The van der Waals surface area contributed by atoms with Gasteiger partial charge in [-0.1, -0.05) is 24.1 Å². The third-order valence-electron chi connectivity index (χ3n) is 7.05. The zero-order valence-electron chi connectivity index (χ0n) is 17.4. The van der Waals surface area contributed by atoms with Crippen molar-refractivity contribution in [3.63, 3.8) is 0 Å². The van der Waals surface area contributed by atoms with Gasteiger partial charge in [0.1, 0.15) is 11.5 Å². The molecular weight excluding hydrogens is 400 g/mol. The highest BCUT2D eigenvalue weighted by Crippen LogP contribution is 2.61. The quantitative estimate of drug-likeness (QED) is 0.688. The number of fused-ring (bicyclic) bond motifs is 2. The molecule has 3 saturated carbocycles. The van der Waals surface area contributed by atoms with E-state index in [1.165, 1.54) is 0 Å². The van der Waals surface area contributed by atoms with Crippen molar-refractivity contribution in [2.75, 3.05) is 7.05 Å². The minimum absolute atomic E-state index is 0.0248. The minimum Gasteiger partial charge on any atom is -0.336 e. The molecule has 2 heterocycles. The molecule has 2 aromatic heterocycles. The maximum Gasteiger partial charge on any atom is 0.254 e. The first-order valence-corrected chi connectivity index (χ1v) is 10.7. The molecular formula is C22H25ClN6O. The van der Waals surface area contributed by atoms with Crippen molar-refractivity contribution in [2.45, 2.75) is 50.0 Å². The molecule has 3 fully saturated rings. The molecule has 3 aliphatic carbocycles. The number of halogens is 1. The van der Waals surface area contributed by atoms with Crippen molar-refractivity contribution >= 4 is 17.5 Å². The third-order valence-corrected chi connectivity index (χ3v) is 7.29. The number of amides is 1. The van der Waals surface area contributed by atoms with Gasteiger partial charge in [0.2, 0.25) is 0 Å². The number of carbonyl (C=O) groups is 1. The lowest BCUT2D eigenvalue weighted by Gasteiger charge is -2.62. The number of aromatic nitrogens is 5. The molecule has 30 heavy (non-hydrogen) atoms. The molecule has 3 aliphatic rings. The van der Waals surface area contributed by atoms with E-state index in [1.54, 1.807) is 18.5 Å². The number of H-pyrrole nitrogens is 1. The summed E-state index contributed by atoms with van der Waals surface area (Å²) in [5, 5.41) is 9.53. The van der Waals surface area contributed by atoms with Crippen molar-refractivity contribution < 1.29 is 4.79 Å². The highest BCUT2D eigenvalue weighted by molar-refractivity contribution is 6.30. The zero-order valence-corrected chi connectivity index (χ0v) is 18.2. The summed E-state index contributed by atoms with van der Waals surface area (Å²) in [5.41, 5.74) is 2.35. The van der Waals surface area contributed by atoms with Gasteiger partial charge in [-0.3, -0.25) is 4.79 Å². The van der Waals surface area contributed by atoms with Crippen LogP contribution in [0.25, 0.3) is 11.5 Å². The minimum atomic E-state index is -0.132. The summed E-state index contributed by atoms with van der Waals surface area (Å²) in [6.45, 7) is 1.97. The third kappa shape index (κ3) is 2.79. The van der Waals surface area contributed by atoms with Crippen LogP contribution in [0.3, 0.4) is 0 Å². The topological polar surface area (TPSA) is 79.7 Å².